The normalized spacial score (nSPS) is 21.6. The van der Waals surface area contributed by atoms with Gasteiger partial charge >= 0.3 is 0 Å². The molecule has 0 spiro atoms. The highest BCUT2D eigenvalue weighted by molar-refractivity contribution is 5.32. The van der Waals surface area contributed by atoms with Gasteiger partial charge in [-0.05, 0) is 50.4 Å². The van der Waals surface area contributed by atoms with E-state index in [2.05, 4.69) is 47.8 Å². The monoisotopic (exact) mass is 276 g/mol. The number of unbranched alkanes of at least 4 members (excludes halogenated alkanes) is 2. The lowest BCUT2D eigenvalue weighted by molar-refractivity contribution is 0.133. The SMILES string of the molecule is C=CCCC.C=CCCC.CC1=C2CC(CC1)C2(C)C. The molecule has 0 aliphatic heterocycles. The topological polar surface area (TPSA) is 0 Å². The first-order valence-corrected chi connectivity index (χ1v) is 8.36. The Morgan fingerprint density at radius 2 is 1.60 bits per heavy atom. The third-order valence-corrected chi connectivity index (χ3v) is 4.62. The molecule has 3 aliphatic rings. The maximum absolute atomic E-state index is 3.55. The van der Waals surface area contributed by atoms with Crippen molar-refractivity contribution >= 4 is 0 Å². The molecule has 0 amide bonds. The van der Waals surface area contributed by atoms with Crippen molar-refractivity contribution in [2.24, 2.45) is 11.3 Å². The molecule has 3 rings (SSSR count). The molecule has 0 heteroatoms. The second-order valence-electron chi connectivity index (χ2n) is 6.57. The van der Waals surface area contributed by atoms with Crippen molar-refractivity contribution < 1.29 is 0 Å². The molecular formula is C20H36. The molecule has 0 aromatic heterocycles. The smallest absolute Gasteiger partial charge is 0.0111 e. The molecular weight excluding hydrogens is 240 g/mol. The quantitative estimate of drug-likeness (QED) is 0.481. The standard InChI is InChI=1S/C10H16.2C5H10/c1-7-4-5-8-6-9(7)10(8,2)3;2*1-3-5-4-2/h8H,4-6H2,1-3H3;2*3H,1,4-5H2,2H3. The molecule has 0 nitrogen and oxygen atoms in total. The Kier molecular flexibility index (Phi) is 9.63. The second kappa shape index (κ2) is 10.0. The van der Waals surface area contributed by atoms with Crippen LogP contribution in [-0.2, 0) is 0 Å². The minimum atomic E-state index is 0.586. The lowest BCUT2D eigenvalue weighted by Crippen LogP contribution is -2.41. The van der Waals surface area contributed by atoms with Crippen LogP contribution >= 0.6 is 0 Å². The Bertz CT molecular complexity index is 307. The molecule has 0 heterocycles. The van der Waals surface area contributed by atoms with Crippen molar-refractivity contribution in [3.63, 3.8) is 0 Å². The van der Waals surface area contributed by atoms with E-state index in [4.69, 9.17) is 0 Å². The van der Waals surface area contributed by atoms with Gasteiger partial charge in [0.1, 0.15) is 0 Å². The van der Waals surface area contributed by atoms with Crippen molar-refractivity contribution in [2.45, 2.75) is 79.6 Å². The Morgan fingerprint density at radius 1 is 1.10 bits per heavy atom. The van der Waals surface area contributed by atoms with Gasteiger partial charge in [0, 0.05) is 0 Å². The van der Waals surface area contributed by atoms with Gasteiger partial charge in [-0.25, -0.2) is 0 Å². The molecule has 0 saturated heterocycles. The van der Waals surface area contributed by atoms with E-state index in [1.54, 1.807) is 11.1 Å². The summed E-state index contributed by atoms with van der Waals surface area (Å²) in [6, 6.07) is 0. The number of hydrogen-bond acceptors (Lipinski definition) is 0. The van der Waals surface area contributed by atoms with Crippen molar-refractivity contribution in [3.05, 3.63) is 36.5 Å². The number of fused-ring (bicyclic) bond motifs is 2. The molecule has 0 aromatic rings. The summed E-state index contributed by atoms with van der Waals surface area (Å²) in [5.41, 5.74) is 4.04. The maximum Gasteiger partial charge on any atom is -0.0111 e. The molecule has 20 heavy (non-hydrogen) atoms. The van der Waals surface area contributed by atoms with Crippen LogP contribution in [0.5, 0.6) is 0 Å². The summed E-state index contributed by atoms with van der Waals surface area (Å²) in [6.45, 7) is 18.5. The van der Waals surface area contributed by atoms with Crippen molar-refractivity contribution in [2.75, 3.05) is 0 Å². The molecule has 1 saturated carbocycles. The summed E-state index contributed by atoms with van der Waals surface area (Å²) in [5.74, 6) is 1.02. The van der Waals surface area contributed by atoms with Crippen LogP contribution in [-0.4, -0.2) is 0 Å². The summed E-state index contributed by atoms with van der Waals surface area (Å²) in [7, 11) is 0. The van der Waals surface area contributed by atoms with Crippen LogP contribution in [0.2, 0.25) is 0 Å². The molecule has 1 atom stereocenters. The van der Waals surface area contributed by atoms with Crippen LogP contribution in [0.3, 0.4) is 0 Å². The molecule has 1 fully saturated rings. The third kappa shape index (κ3) is 5.69. The average molecular weight is 277 g/mol. The first kappa shape index (κ1) is 19.2. The first-order chi connectivity index (χ1) is 9.45. The highest BCUT2D eigenvalue weighted by Crippen LogP contribution is 2.58. The summed E-state index contributed by atoms with van der Waals surface area (Å²) in [5, 5.41) is 0. The zero-order valence-corrected chi connectivity index (χ0v) is 14.6. The Morgan fingerprint density at radius 3 is 1.75 bits per heavy atom. The van der Waals surface area contributed by atoms with Gasteiger partial charge in [0.15, 0.2) is 0 Å². The summed E-state index contributed by atoms with van der Waals surface area (Å²) in [4.78, 5) is 0. The molecule has 0 N–H and O–H groups in total. The van der Waals surface area contributed by atoms with E-state index in [9.17, 15) is 0 Å². The first-order valence-electron chi connectivity index (χ1n) is 8.36. The lowest BCUT2D eigenvalue weighted by Gasteiger charge is -2.52. The molecule has 0 radical (unpaired) electrons. The molecule has 0 aromatic carbocycles. The van der Waals surface area contributed by atoms with E-state index in [0.717, 1.165) is 18.8 Å². The number of allylic oxidation sites excluding steroid dienone is 4. The highest BCUT2D eigenvalue weighted by atomic mass is 14.5. The van der Waals surface area contributed by atoms with Crippen LogP contribution in [0.25, 0.3) is 0 Å². The van der Waals surface area contributed by atoms with E-state index in [-0.39, 0.29) is 0 Å². The van der Waals surface area contributed by atoms with Crippen molar-refractivity contribution in [3.8, 4) is 0 Å². The van der Waals surface area contributed by atoms with Gasteiger partial charge in [0.05, 0.1) is 0 Å². The van der Waals surface area contributed by atoms with E-state index < -0.39 is 0 Å². The minimum Gasteiger partial charge on any atom is -0.103 e. The summed E-state index contributed by atoms with van der Waals surface area (Å²) in [6.07, 6.45) is 12.9. The molecule has 1 unspecified atom stereocenters. The molecule has 2 bridgehead atoms. The van der Waals surface area contributed by atoms with Gasteiger partial charge in [-0.15, -0.1) is 13.2 Å². The van der Waals surface area contributed by atoms with E-state index in [0.29, 0.717) is 5.41 Å². The van der Waals surface area contributed by atoms with Crippen LogP contribution in [0.4, 0.5) is 0 Å². The minimum absolute atomic E-state index is 0.586. The fraction of sp³-hybridized carbons (Fsp3) is 0.700. The molecule has 116 valence electrons. The van der Waals surface area contributed by atoms with Crippen molar-refractivity contribution in [1.82, 2.24) is 0 Å². The van der Waals surface area contributed by atoms with Crippen LogP contribution in [0.1, 0.15) is 79.6 Å². The highest BCUT2D eigenvalue weighted by Gasteiger charge is 2.46. The Balaban J connectivity index is 0.000000310. The van der Waals surface area contributed by atoms with Gasteiger partial charge in [-0.1, -0.05) is 63.8 Å². The van der Waals surface area contributed by atoms with Crippen LogP contribution < -0.4 is 0 Å². The zero-order valence-electron chi connectivity index (χ0n) is 14.6. The summed E-state index contributed by atoms with van der Waals surface area (Å²) >= 11 is 0. The predicted octanol–water partition coefficient (Wildman–Crippen LogP) is 7.09. The van der Waals surface area contributed by atoms with E-state index >= 15 is 0 Å². The van der Waals surface area contributed by atoms with Gasteiger partial charge in [0.25, 0.3) is 0 Å². The average Bonchev–Trinajstić information content (AvgIpc) is 2.41. The molecule has 3 aliphatic carbocycles. The van der Waals surface area contributed by atoms with Gasteiger partial charge in [-0.2, -0.15) is 0 Å². The zero-order chi connectivity index (χ0) is 15.6. The van der Waals surface area contributed by atoms with Gasteiger partial charge < -0.3 is 0 Å². The van der Waals surface area contributed by atoms with Gasteiger partial charge in [-0.3, -0.25) is 0 Å². The van der Waals surface area contributed by atoms with Crippen molar-refractivity contribution in [1.29, 1.82) is 0 Å². The van der Waals surface area contributed by atoms with E-state index in [1.807, 2.05) is 12.2 Å². The number of rotatable bonds is 4. The Hall–Kier alpha value is -0.780. The number of hydrogen-bond donors (Lipinski definition) is 0. The van der Waals surface area contributed by atoms with Gasteiger partial charge in [0.2, 0.25) is 0 Å². The van der Waals surface area contributed by atoms with Crippen LogP contribution in [0.15, 0.2) is 36.5 Å². The fourth-order valence-corrected chi connectivity index (χ4v) is 3.02. The second-order valence-corrected chi connectivity index (χ2v) is 6.57. The lowest BCUT2D eigenvalue weighted by atomic mass is 9.52. The van der Waals surface area contributed by atoms with Crippen LogP contribution in [0, 0.1) is 11.3 Å². The predicted molar refractivity (Wildman–Crippen MR) is 94.0 cm³/mol. The largest absolute Gasteiger partial charge is 0.103 e. The maximum atomic E-state index is 3.55. The fourth-order valence-electron chi connectivity index (χ4n) is 3.02. The summed E-state index contributed by atoms with van der Waals surface area (Å²) < 4.78 is 0. The van der Waals surface area contributed by atoms with E-state index in [1.165, 1.54) is 32.1 Å². The third-order valence-electron chi connectivity index (χ3n) is 4.62. The Labute approximate surface area is 128 Å².